The first kappa shape index (κ1) is 19.4. The predicted molar refractivity (Wildman–Crippen MR) is 106 cm³/mol. The molecule has 2 aromatic carbocycles. The molecule has 0 atom stereocenters. The van der Waals surface area contributed by atoms with Gasteiger partial charge in [0.25, 0.3) is 15.9 Å². The van der Waals surface area contributed by atoms with Gasteiger partial charge in [-0.05, 0) is 49.4 Å². The van der Waals surface area contributed by atoms with Gasteiger partial charge in [0.15, 0.2) is 5.82 Å². The maximum absolute atomic E-state index is 12.6. The van der Waals surface area contributed by atoms with Gasteiger partial charge in [0.1, 0.15) is 5.75 Å². The van der Waals surface area contributed by atoms with Crippen LogP contribution in [0.3, 0.4) is 0 Å². The van der Waals surface area contributed by atoms with Crippen LogP contribution in [0.2, 0.25) is 0 Å². The number of ether oxygens (including phenoxy) is 1. The Morgan fingerprint density at radius 3 is 2.54 bits per heavy atom. The number of hydrogen-bond acceptors (Lipinski definition) is 5. The Balaban J connectivity index is 1.75. The number of nitrogens with zero attached hydrogens (tertiary/aromatic N) is 2. The molecule has 0 aliphatic rings. The van der Waals surface area contributed by atoms with E-state index in [0.29, 0.717) is 23.7 Å². The third kappa shape index (κ3) is 4.68. The number of carbonyl (C=O) groups excluding carboxylic acids is 1. The zero-order valence-corrected chi connectivity index (χ0v) is 16.2. The molecule has 9 heteroatoms. The van der Waals surface area contributed by atoms with E-state index in [1.165, 1.54) is 18.2 Å². The average Bonchev–Trinajstić information content (AvgIpc) is 3.07. The molecule has 0 spiro atoms. The SMILES string of the molecule is CCOc1ccc(S(=O)(=O)Nc2cccc(C(=O)Nc3ccn(C)n3)c2)cc1. The number of carbonyl (C=O) groups is 1. The Labute approximate surface area is 163 Å². The molecule has 0 saturated carbocycles. The number of rotatable bonds is 7. The molecule has 1 heterocycles. The first-order valence-corrected chi connectivity index (χ1v) is 10.0. The van der Waals surface area contributed by atoms with Crippen molar-refractivity contribution in [2.24, 2.45) is 7.05 Å². The fourth-order valence-corrected chi connectivity index (χ4v) is 3.54. The smallest absolute Gasteiger partial charge is 0.261 e. The van der Waals surface area contributed by atoms with Crippen LogP contribution >= 0.6 is 0 Å². The van der Waals surface area contributed by atoms with Crippen molar-refractivity contribution in [3.8, 4) is 5.75 Å². The van der Waals surface area contributed by atoms with Gasteiger partial charge < -0.3 is 10.1 Å². The van der Waals surface area contributed by atoms with Crippen molar-refractivity contribution in [2.75, 3.05) is 16.6 Å². The largest absolute Gasteiger partial charge is 0.494 e. The standard InChI is InChI=1S/C19H20N4O4S/c1-3-27-16-7-9-17(10-8-16)28(25,26)22-15-6-4-5-14(13-15)19(24)20-18-11-12-23(2)21-18/h4-13,22H,3H2,1-2H3,(H,20,21,24). The maximum Gasteiger partial charge on any atom is 0.261 e. The van der Waals surface area contributed by atoms with Gasteiger partial charge in [-0.15, -0.1) is 0 Å². The highest BCUT2D eigenvalue weighted by molar-refractivity contribution is 7.92. The molecular weight excluding hydrogens is 380 g/mol. The van der Waals surface area contributed by atoms with Gasteiger partial charge in [0, 0.05) is 30.6 Å². The van der Waals surface area contributed by atoms with Crippen LogP contribution in [-0.4, -0.2) is 30.7 Å². The lowest BCUT2D eigenvalue weighted by Gasteiger charge is -2.10. The van der Waals surface area contributed by atoms with Crippen LogP contribution in [0.1, 0.15) is 17.3 Å². The van der Waals surface area contributed by atoms with Crippen molar-refractivity contribution in [1.82, 2.24) is 9.78 Å². The van der Waals surface area contributed by atoms with Crippen LogP contribution < -0.4 is 14.8 Å². The van der Waals surface area contributed by atoms with Crippen LogP contribution in [0.5, 0.6) is 5.75 Å². The highest BCUT2D eigenvalue weighted by Gasteiger charge is 2.15. The molecule has 0 aliphatic heterocycles. The third-order valence-electron chi connectivity index (χ3n) is 3.78. The second-order valence-electron chi connectivity index (χ2n) is 5.92. The van der Waals surface area contributed by atoms with Crippen LogP contribution in [0.15, 0.2) is 65.7 Å². The van der Waals surface area contributed by atoms with Crippen LogP contribution in [-0.2, 0) is 17.1 Å². The fraction of sp³-hybridized carbons (Fsp3) is 0.158. The lowest BCUT2D eigenvalue weighted by molar-refractivity contribution is 0.102. The summed E-state index contributed by atoms with van der Waals surface area (Å²) in [6, 6.07) is 14.0. The lowest BCUT2D eigenvalue weighted by atomic mass is 10.2. The zero-order valence-electron chi connectivity index (χ0n) is 15.4. The summed E-state index contributed by atoms with van der Waals surface area (Å²) in [6.07, 6.45) is 1.71. The minimum absolute atomic E-state index is 0.0966. The summed E-state index contributed by atoms with van der Waals surface area (Å²) < 4.78 is 34.5. The quantitative estimate of drug-likeness (QED) is 0.635. The molecule has 3 rings (SSSR count). The molecule has 2 N–H and O–H groups in total. The molecule has 0 fully saturated rings. The van der Waals surface area contributed by atoms with Gasteiger partial charge in [0.05, 0.1) is 11.5 Å². The van der Waals surface area contributed by atoms with Crippen LogP contribution in [0.25, 0.3) is 0 Å². The summed E-state index contributed by atoms with van der Waals surface area (Å²) in [5.74, 6) is 0.614. The van der Waals surface area contributed by atoms with Gasteiger partial charge in [0.2, 0.25) is 0 Å². The Hall–Kier alpha value is -3.33. The van der Waals surface area contributed by atoms with Crippen molar-refractivity contribution >= 4 is 27.4 Å². The number of aryl methyl sites for hydroxylation is 1. The van der Waals surface area contributed by atoms with Crippen molar-refractivity contribution in [1.29, 1.82) is 0 Å². The molecule has 0 aliphatic carbocycles. The van der Waals surface area contributed by atoms with Gasteiger partial charge >= 0.3 is 0 Å². The fourth-order valence-electron chi connectivity index (χ4n) is 2.49. The van der Waals surface area contributed by atoms with E-state index in [0.717, 1.165) is 0 Å². The molecule has 146 valence electrons. The number of anilines is 2. The first-order valence-electron chi connectivity index (χ1n) is 8.54. The molecule has 0 bridgehead atoms. The van der Waals surface area contributed by atoms with E-state index in [9.17, 15) is 13.2 Å². The van der Waals surface area contributed by atoms with E-state index in [-0.39, 0.29) is 16.5 Å². The summed E-state index contributed by atoms with van der Waals surface area (Å²) in [6.45, 7) is 2.35. The number of amides is 1. The molecule has 1 aromatic heterocycles. The van der Waals surface area contributed by atoms with E-state index in [1.54, 1.807) is 54.3 Å². The monoisotopic (exact) mass is 400 g/mol. The number of hydrogen-bond donors (Lipinski definition) is 2. The van der Waals surface area contributed by atoms with Crippen molar-refractivity contribution in [3.05, 3.63) is 66.4 Å². The van der Waals surface area contributed by atoms with Gasteiger partial charge in [-0.25, -0.2) is 8.42 Å². The van der Waals surface area contributed by atoms with Crippen LogP contribution in [0.4, 0.5) is 11.5 Å². The third-order valence-corrected chi connectivity index (χ3v) is 5.17. The van der Waals surface area contributed by atoms with Crippen molar-refractivity contribution < 1.29 is 17.9 Å². The number of nitrogens with one attached hydrogen (secondary N) is 2. The highest BCUT2D eigenvalue weighted by Crippen LogP contribution is 2.20. The predicted octanol–water partition coefficient (Wildman–Crippen LogP) is 2.87. The molecule has 0 saturated heterocycles. The summed E-state index contributed by atoms with van der Waals surface area (Å²) in [5, 5.41) is 6.74. The molecular formula is C19H20N4O4S. The molecule has 3 aromatic rings. The topological polar surface area (TPSA) is 102 Å². The van der Waals surface area contributed by atoms with Gasteiger partial charge in [-0.2, -0.15) is 5.10 Å². The Bertz CT molecular complexity index is 1080. The number of sulfonamides is 1. The molecule has 0 radical (unpaired) electrons. The van der Waals surface area contributed by atoms with Crippen molar-refractivity contribution in [2.45, 2.75) is 11.8 Å². The van der Waals surface area contributed by atoms with Gasteiger partial charge in [-0.3, -0.25) is 14.2 Å². The second kappa shape index (κ2) is 8.13. The molecule has 8 nitrogen and oxygen atoms in total. The van der Waals surface area contributed by atoms with E-state index < -0.39 is 10.0 Å². The Morgan fingerprint density at radius 2 is 1.89 bits per heavy atom. The van der Waals surface area contributed by atoms with E-state index in [2.05, 4.69) is 15.1 Å². The van der Waals surface area contributed by atoms with Crippen molar-refractivity contribution in [3.63, 3.8) is 0 Å². The summed E-state index contributed by atoms with van der Waals surface area (Å²) in [4.78, 5) is 12.5. The minimum atomic E-state index is -3.80. The second-order valence-corrected chi connectivity index (χ2v) is 7.60. The van der Waals surface area contributed by atoms with E-state index in [1.807, 2.05) is 6.92 Å². The van der Waals surface area contributed by atoms with E-state index >= 15 is 0 Å². The molecule has 1 amide bonds. The first-order chi connectivity index (χ1) is 13.4. The normalized spacial score (nSPS) is 11.1. The molecule has 28 heavy (non-hydrogen) atoms. The zero-order chi connectivity index (χ0) is 20.1. The Morgan fingerprint density at radius 1 is 1.14 bits per heavy atom. The lowest BCUT2D eigenvalue weighted by Crippen LogP contribution is -2.15. The summed E-state index contributed by atoms with van der Waals surface area (Å²) in [7, 11) is -2.05. The number of benzene rings is 2. The number of aromatic nitrogens is 2. The maximum atomic E-state index is 12.6. The van der Waals surface area contributed by atoms with Crippen LogP contribution in [0, 0.1) is 0 Å². The highest BCUT2D eigenvalue weighted by atomic mass is 32.2. The summed E-state index contributed by atoms with van der Waals surface area (Å²) in [5.41, 5.74) is 0.583. The minimum Gasteiger partial charge on any atom is -0.494 e. The van der Waals surface area contributed by atoms with E-state index in [4.69, 9.17) is 4.74 Å². The Kier molecular flexibility index (Phi) is 5.65. The molecule has 0 unspecified atom stereocenters. The average molecular weight is 400 g/mol. The summed E-state index contributed by atoms with van der Waals surface area (Å²) >= 11 is 0. The van der Waals surface area contributed by atoms with Gasteiger partial charge in [-0.1, -0.05) is 6.07 Å².